The molecule has 25 heavy (non-hydrogen) atoms. The third kappa shape index (κ3) is 4.87. The Morgan fingerprint density at radius 1 is 1.08 bits per heavy atom. The second-order valence-corrected chi connectivity index (χ2v) is 8.15. The molecule has 0 spiro atoms. The highest BCUT2D eigenvalue weighted by atomic mass is 32.2. The van der Waals surface area contributed by atoms with Crippen molar-refractivity contribution in [1.29, 1.82) is 0 Å². The lowest BCUT2D eigenvalue weighted by atomic mass is 9.81. The van der Waals surface area contributed by atoms with E-state index in [4.69, 9.17) is 5.84 Å². The van der Waals surface area contributed by atoms with E-state index in [-0.39, 0.29) is 0 Å². The van der Waals surface area contributed by atoms with Gasteiger partial charge in [-0.25, -0.2) is 5.01 Å². The number of piperidine rings is 1. The zero-order valence-electron chi connectivity index (χ0n) is 15.2. The summed E-state index contributed by atoms with van der Waals surface area (Å²) in [7, 11) is 0. The number of benzene rings is 2. The summed E-state index contributed by atoms with van der Waals surface area (Å²) in [6.45, 7) is 3.25. The molecule has 0 bridgehead atoms. The van der Waals surface area contributed by atoms with Crippen molar-refractivity contribution in [3.63, 3.8) is 0 Å². The van der Waals surface area contributed by atoms with E-state index in [1.165, 1.54) is 47.5 Å². The number of rotatable bonds is 7. The Balaban J connectivity index is 1.78. The second kappa shape index (κ2) is 9.42. The first-order valence-corrected chi connectivity index (χ1v) is 10.5. The fourth-order valence-electron chi connectivity index (χ4n) is 3.85. The summed E-state index contributed by atoms with van der Waals surface area (Å²) in [6.07, 6.45) is 6.10. The molecule has 2 atom stereocenters. The van der Waals surface area contributed by atoms with Crippen LogP contribution in [0.5, 0.6) is 0 Å². The Bertz CT molecular complexity index is 643. The van der Waals surface area contributed by atoms with Gasteiger partial charge >= 0.3 is 0 Å². The molecule has 2 nitrogen and oxygen atoms in total. The second-order valence-electron chi connectivity index (χ2n) is 7.01. The van der Waals surface area contributed by atoms with Gasteiger partial charge in [-0.2, -0.15) is 0 Å². The van der Waals surface area contributed by atoms with Crippen LogP contribution in [0.2, 0.25) is 0 Å². The Hall–Kier alpha value is -1.29. The van der Waals surface area contributed by atoms with E-state index >= 15 is 0 Å². The molecule has 0 aliphatic carbocycles. The van der Waals surface area contributed by atoms with Crippen molar-refractivity contribution in [2.75, 3.05) is 12.3 Å². The van der Waals surface area contributed by atoms with Crippen LogP contribution in [0.1, 0.15) is 49.8 Å². The molecule has 1 aliphatic rings. The number of hydrogen-bond donors (Lipinski definition) is 1. The lowest BCUT2D eigenvalue weighted by molar-refractivity contribution is 0.0923. The zero-order chi connectivity index (χ0) is 17.5. The van der Waals surface area contributed by atoms with Gasteiger partial charge in [-0.1, -0.05) is 61.9 Å². The van der Waals surface area contributed by atoms with Crippen molar-refractivity contribution in [2.24, 2.45) is 11.8 Å². The zero-order valence-corrected chi connectivity index (χ0v) is 16.0. The molecular formula is C22H30N2S. The van der Waals surface area contributed by atoms with E-state index < -0.39 is 0 Å². The van der Waals surface area contributed by atoms with Gasteiger partial charge in [0.05, 0.1) is 6.04 Å². The molecule has 0 amide bonds. The number of thioether (sulfide) groups is 1. The smallest absolute Gasteiger partial charge is 0.0521 e. The van der Waals surface area contributed by atoms with Crippen LogP contribution in [-0.2, 0) is 6.42 Å². The molecule has 0 aromatic heterocycles. The van der Waals surface area contributed by atoms with E-state index in [9.17, 15) is 0 Å². The Labute approximate surface area is 156 Å². The van der Waals surface area contributed by atoms with E-state index in [1.807, 2.05) is 11.8 Å². The summed E-state index contributed by atoms with van der Waals surface area (Å²) in [5.41, 5.74) is 2.84. The minimum absolute atomic E-state index is 0.323. The number of unbranched alkanes of at least 4 members (excludes halogenated alkanes) is 1. The minimum Gasteiger partial charge on any atom is -0.268 e. The molecule has 2 aromatic carbocycles. The molecule has 3 rings (SSSR count). The molecule has 1 heterocycles. The van der Waals surface area contributed by atoms with Gasteiger partial charge in [0.1, 0.15) is 0 Å². The summed E-state index contributed by atoms with van der Waals surface area (Å²) in [6, 6.07) is 20.1. The Morgan fingerprint density at radius 3 is 2.64 bits per heavy atom. The van der Waals surface area contributed by atoms with Crippen LogP contribution in [0.25, 0.3) is 0 Å². The highest BCUT2D eigenvalue weighted by Gasteiger charge is 2.31. The summed E-state index contributed by atoms with van der Waals surface area (Å²) < 4.78 is 0. The van der Waals surface area contributed by atoms with Gasteiger partial charge in [0.15, 0.2) is 0 Å². The average Bonchev–Trinajstić information content (AvgIpc) is 2.64. The predicted octanol–water partition coefficient (Wildman–Crippen LogP) is 5.45. The van der Waals surface area contributed by atoms with Crippen molar-refractivity contribution >= 4 is 11.8 Å². The lowest BCUT2D eigenvalue weighted by Crippen LogP contribution is -2.44. The summed E-state index contributed by atoms with van der Waals surface area (Å²) in [5, 5.41) is 2.07. The molecule has 1 saturated heterocycles. The Kier molecular flexibility index (Phi) is 6.97. The third-order valence-corrected chi connectivity index (χ3v) is 6.35. The molecule has 1 aliphatic heterocycles. The van der Waals surface area contributed by atoms with Crippen LogP contribution in [0.15, 0.2) is 59.5 Å². The van der Waals surface area contributed by atoms with Gasteiger partial charge in [-0.3, -0.25) is 5.84 Å². The largest absolute Gasteiger partial charge is 0.268 e. The van der Waals surface area contributed by atoms with Crippen LogP contribution >= 0.6 is 11.8 Å². The molecule has 2 N–H and O–H groups in total. The van der Waals surface area contributed by atoms with Crippen LogP contribution in [-0.4, -0.2) is 17.3 Å². The highest BCUT2D eigenvalue weighted by Crippen LogP contribution is 2.37. The van der Waals surface area contributed by atoms with Crippen molar-refractivity contribution in [3.05, 3.63) is 65.7 Å². The normalized spacial score (nSPS) is 21.4. The third-order valence-electron chi connectivity index (χ3n) is 5.15. The first-order valence-electron chi connectivity index (χ1n) is 9.56. The van der Waals surface area contributed by atoms with Gasteiger partial charge in [0, 0.05) is 11.4 Å². The van der Waals surface area contributed by atoms with Crippen LogP contribution in [0, 0.1) is 5.92 Å². The van der Waals surface area contributed by atoms with E-state index in [0.717, 1.165) is 13.0 Å². The molecule has 134 valence electrons. The maximum atomic E-state index is 6.42. The molecule has 1 fully saturated rings. The number of nitrogens with two attached hydrogens (primary N) is 1. The fourth-order valence-corrected chi connectivity index (χ4v) is 5.02. The van der Waals surface area contributed by atoms with Gasteiger partial charge in [-0.15, -0.1) is 11.8 Å². The van der Waals surface area contributed by atoms with Gasteiger partial charge < -0.3 is 0 Å². The first-order chi connectivity index (χ1) is 12.3. The molecular weight excluding hydrogens is 324 g/mol. The summed E-state index contributed by atoms with van der Waals surface area (Å²) in [4.78, 5) is 1.46. The van der Waals surface area contributed by atoms with Crippen molar-refractivity contribution < 1.29 is 0 Å². The molecule has 0 radical (unpaired) electrons. The van der Waals surface area contributed by atoms with Gasteiger partial charge in [0.2, 0.25) is 0 Å². The van der Waals surface area contributed by atoms with Gasteiger partial charge in [-0.05, 0) is 54.5 Å². The van der Waals surface area contributed by atoms with Crippen LogP contribution in [0.4, 0.5) is 0 Å². The topological polar surface area (TPSA) is 29.3 Å². The number of hydrogen-bond acceptors (Lipinski definition) is 3. The molecule has 2 aromatic rings. The molecule has 2 unspecified atom stereocenters. The minimum atomic E-state index is 0.323. The fraction of sp³-hybridized carbons (Fsp3) is 0.455. The van der Waals surface area contributed by atoms with Gasteiger partial charge in [0.25, 0.3) is 0 Å². The quantitative estimate of drug-likeness (QED) is 0.407. The SMILES string of the molecule is CCCCSc1ccccc1CC1CCCN(N)C1c1ccccc1. The lowest BCUT2D eigenvalue weighted by Gasteiger charge is -2.39. The standard InChI is InChI=1S/C22H30N2S/c1-2-3-16-25-21-14-8-7-12-19(21)17-20-13-9-15-24(23)22(20)18-10-5-4-6-11-18/h4-8,10-12,14,20,22H,2-3,9,13,15-17,23H2,1H3. The molecule has 3 heteroatoms. The number of hydrazine groups is 1. The maximum Gasteiger partial charge on any atom is 0.0521 e. The molecule has 0 saturated carbocycles. The highest BCUT2D eigenvalue weighted by molar-refractivity contribution is 7.99. The average molecular weight is 355 g/mol. The van der Waals surface area contributed by atoms with Crippen molar-refractivity contribution in [3.8, 4) is 0 Å². The van der Waals surface area contributed by atoms with Crippen molar-refractivity contribution in [1.82, 2.24) is 5.01 Å². The first kappa shape index (κ1) is 18.5. The van der Waals surface area contributed by atoms with E-state index in [1.54, 1.807) is 0 Å². The predicted molar refractivity (Wildman–Crippen MR) is 109 cm³/mol. The van der Waals surface area contributed by atoms with E-state index in [0.29, 0.717) is 12.0 Å². The van der Waals surface area contributed by atoms with Crippen LogP contribution in [0.3, 0.4) is 0 Å². The monoisotopic (exact) mass is 354 g/mol. The number of nitrogens with zero attached hydrogens (tertiary/aromatic N) is 1. The summed E-state index contributed by atoms with van der Waals surface area (Å²) in [5.74, 6) is 8.21. The maximum absolute atomic E-state index is 6.42. The summed E-state index contributed by atoms with van der Waals surface area (Å²) >= 11 is 2.01. The Morgan fingerprint density at radius 2 is 1.84 bits per heavy atom. The van der Waals surface area contributed by atoms with E-state index in [2.05, 4.69) is 66.5 Å². The van der Waals surface area contributed by atoms with Crippen LogP contribution < -0.4 is 5.84 Å². The van der Waals surface area contributed by atoms with Crippen molar-refractivity contribution in [2.45, 2.75) is 50.0 Å².